The number of hydrogen-bond acceptors (Lipinski definition) is 5. The molecular formula is C13H22N4O. The molecule has 1 heterocycles. The molecular weight excluding hydrogens is 228 g/mol. The molecule has 0 spiro atoms. The van der Waals surface area contributed by atoms with Crippen molar-refractivity contribution in [3.63, 3.8) is 0 Å². The third-order valence-corrected chi connectivity index (χ3v) is 3.27. The summed E-state index contributed by atoms with van der Waals surface area (Å²) in [6, 6.07) is 1.90. The number of nitrogens with one attached hydrogen (secondary N) is 2. The smallest absolute Gasteiger partial charge is 0.224 e. The minimum Gasteiger partial charge on any atom is -0.388 e. The predicted octanol–water partition coefficient (Wildman–Crippen LogP) is 1.93. The van der Waals surface area contributed by atoms with Gasteiger partial charge in [-0.15, -0.1) is 0 Å². The molecule has 100 valence electrons. The van der Waals surface area contributed by atoms with Crippen LogP contribution in [0.4, 0.5) is 11.8 Å². The van der Waals surface area contributed by atoms with E-state index in [0.717, 1.165) is 43.7 Å². The minimum atomic E-state index is -0.532. The first-order valence-electron chi connectivity index (χ1n) is 6.67. The molecule has 0 amide bonds. The van der Waals surface area contributed by atoms with Gasteiger partial charge in [-0.3, -0.25) is 0 Å². The van der Waals surface area contributed by atoms with Crippen LogP contribution < -0.4 is 10.6 Å². The highest BCUT2D eigenvalue weighted by Crippen LogP contribution is 2.31. The van der Waals surface area contributed by atoms with E-state index >= 15 is 0 Å². The van der Waals surface area contributed by atoms with Crippen LogP contribution in [0.15, 0.2) is 6.07 Å². The number of hydrogen-bond donors (Lipinski definition) is 3. The average Bonchev–Trinajstić information content (AvgIpc) is 2.31. The van der Waals surface area contributed by atoms with Gasteiger partial charge in [0, 0.05) is 24.8 Å². The summed E-state index contributed by atoms with van der Waals surface area (Å²) in [7, 11) is 0. The molecule has 0 unspecified atom stereocenters. The fourth-order valence-corrected chi connectivity index (χ4v) is 1.99. The Hall–Kier alpha value is -1.36. The van der Waals surface area contributed by atoms with Gasteiger partial charge in [-0.1, -0.05) is 6.92 Å². The lowest BCUT2D eigenvalue weighted by Crippen LogP contribution is -2.43. The highest BCUT2D eigenvalue weighted by Gasteiger charge is 2.34. The molecule has 0 atom stereocenters. The molecule has 1 aromatic rings. The topological polar surface area (TPSA) is 70.1 Å². The van der Waals surface area contributed by atoms with Gasteiger partial charge in [0.25, 0.3) is 0 Å². The van der Waals surface area contributed by atoms with Crippen LogP contribution in [0.1, 0.15) is 38.3 Å². The first-order chi connectivity index (χ1) is 8.61. The van der Waals surface area contributed by atoms with Gasteiger partial charge in [0.05, 0.1) is 5.60 Å². The van der Waals surface area contributed by atoms with Gasteiger partial charge in [-0.2, -0.15) is 4.98 Å². The van der Waals surface area contributed by atoms with Gasteiger partial charge in [0.1, 0.15) is 5.82 Å². The first kappa shape index (κ1) is 13.1. The zero-order valence-electron chi connectivity index (χ0n) is 11.2. The standard InChI is InChI=1S/C13H22N4O/c1-3-7-14-12-16-10(2)8-11(17-12)15-9-13(18)5-4-6-13/h8,18H,3-7,9H2,1-2H3,(H2,14,15,16,17). The van der Waals surface area contributed by atoms with E-state index in [-0.39, 0.29) is 0 Å². The molecule has 5 nitrogen and oxygen atoms in total. The maximum atomic E-state index is 10.0. The van der Waals surface area contributed by atoms with Crippen molar-refractivity contribution < 1.29 is 5.11 Å². The number of aryl methyl sites for hydroxylation is 1. The second kappa shape index (κ2) is 5.52. The number of aromatic nitrogens is 2. The van der Waals surface area contributed by atoms with Crippen molar-refractivity contribution in [2.24, 2.45) is 0 Å². The maximum Gasteiger partial charge on any atom is 0.224 e. The lowest BCUT2D eigenvalue weighted by Gasteiger charge is -2.36. The van der Waals surface area contributed by atoms with Crippen molar-refractivity contribution >= 4 is 11.8 Å². The number of rotatable bonds is 6. The fourth-order valence-electron chi connectivity index (χ4n) is 1.99. The normalized spacial score (nSPS) is 17.1. The Morgan fingerprint density at radius 1 is 1.33 bits per heavy atom. The van der Waals surface area contributed by atoms with Crippen LogP contribution in [-0.2, 0) is 0 Å². The Morgan fingerprint density at radius 2 is 2.11 bits per heavy atom. The summed E-state index contributed by atoms with van der Waals surface area (Å²) < 4.78 is 0. The van der Waals surface area contributed by atoms with Crippen molar-refractivity contribution in [3.05, 3.63) is 11.8 Å². The lowest BCUT2D eigenvalue weighted by atomic mass is 9.80. The van der Waals surface area contributed by atoms with Crippen molar-refractivity contribution in [1.29, 1.82) is 0 Å². The third-order valence-electron chi connectivity index (χ3n) is 3.27. The molecule has 2 rings (SSSR count). The Bertz CT molecular complexity index is 404. The van der Waals surface area contributed by atoms with Gasteiger partial charge in [-0.25, -0.2) is 4.98 Å². The molecule has 0 aliphatic heterocycles. The highest BCUT2D eigenvalue weighted by atomic mass is 16.3. The van der Waals surface area contributed by atoms with Gasteiger partial charge in [0.2, 0.25) is 5.95 Å². The largest absolute Gasteiger partial charge is 0.388 e. The molecule has 0 aromatic carbocycles. The average molecular weight is 250 g/mol. The summed E-state index contributed by atoms with van der Waals surface area (Å²) in [6.45, 7) is 5.49. The summed E-state index contributed by atoms with van der Waals surface area (Å²) >= 11 is 0. The van der Waals surface area contributed by atoms with E-state index in [1.165, 1.54) is 0 Å². The maximum absolute atomic E-state index is 10.0. The molecule has 0 bridgehead atoms. The van der Waals surface area contributed by atoms with E-state index in [4.69, 9.17) is 0 Å². The molecule has 1 aliphatic rings. The molecule has 1 fully saturated rings. The summed E-state index contributed by atoms with van der Waals surface area (Å²) in [5.41, 5.74) is 0.391. The molecule has 3 N–H and O–H groups in total. The van der Waals surface area contributed by atoms with Crippen LogP contribution in [0, 0.1) is 6.92 Å². The second-order valence-electron chi connectivity index (χ2n) is 5.08. The minimum absolute atomic E-state index is 0.532. The lowest BCUT2D eigenvalue weighted by molar-refractivity contribution is -0.0202. The van der Waals surface area contributed by atoms with E-state index in [1.54, 1.807) is 0 Å². The van der Waals surface area contributed by atoms with Gasteiger partial charge >= 0.3 is 0 Å². The summed E-state index contributed by atoms with van der Waals surface area (Å²) in [4.78, 5) is 8.71. The molecule has 1 saturated carbocycles. The van der Waals surface area contributed by atoms with E-state index < -0.39 is 5.60 Å². The van der Waals surface area contributed by atoms with E-state index in [2.05, 4.69) is 27.5 Å². The summed E-state index contributed by atoms with van der Waals surface area (Å²) in [5, 5.41) is 16.4. The zero-order valence-corrected chi connectivity index (χ0v) is 11.2. The van der Waals surface area contributed by atoms with Crippen molar-refractivity contribution in [1.82, 2.24) is 9.97 Å². The molecule has 0 radical (unpaired) electrons. The third kappa shape index (κ3) is 3.32. The number of anilines is 2. The first-order valence-corrected chi connectivity index (χ1v) is 6.67. The van der Waals surface area contributed by atoms with Crippen LogP contribution in [0.5, 0.6) is 0 Å². The summed E-state index contributed by atoms with van der Waals surface area (Å²) in [5.74, 6) is 1.43. The molecule has 1 aromatic heterocycles. The summed E-state index contributed by atoms with van der Waals surface area (Å²) in [6.07, 6.45) is 3.92. The molecule has 1 aliphatic carbocycles. The van der Waals surface area contributed by atoms with Gasteiger partial charge in [0.15, 0.2) is 0 Å². The highest BCUT2D eigenvalue weighted by molar-refractivity contribution is 5.42. The van der Waals surface area contributed by atoms with Crippen molar-refractivity contribution in [3.8, 4) is 0 Å². The zero-order chi connectivity index (χ0) is 13.0. The second-order valence-corrected chi connectivity index (χ2v) is 5.08. The molecule has 5 heteroatoms. The SMILES string of the molecule is CCCNc1nc(C)cc(NCC2(O)CCC2)n1. The Kier molecular flexibility index (Phi) is 4.01. The number of aliphatic hydroxyl groups is 1. The monoisotopic (exact) mass is 250 g/mol. The van der Waals surface area contributed by atoms with Crippen LogP contribution in [0.2, 0.25) is 0 Å². The Balaban J connectivity index is 1.96. The number of nitrogens with zero attached hydrogens (tertiary/aromatic N) is 2. The molecule has 0 saturated heterocycles. The fraction of sp³-hybridized carbons (Fsp3) is 0.692. The van der Waals surface area contributed by atoms with Crippen LogP contribution >= 0.6 is 0 Å². The van der Waals surface area contributed by atoms with Crippen molar-refractivity contribution in [2.45, 2.75) is 45.1 Å². The van der Waals surface area contributed by atoms with E-state index in [1.807, 2.05) is 13.0 Å². The van der Waals surface area contributed by atoms with Crippen LogP contribution in [0.25, 0.3) is 0 Å². The van der Waals surface area contributed by atoms with Crippen LogP contribution in [-0.4, -0.2) is 33.8 Å². The van der Waals surface area contributed by atoms with E-state index in [0.29, 0.717) is 12.5 Å². The van der Waals surface area contributed by atoms with Gasteiger partial charge in [-0.05, 0) is 32.6 Å². The van der Waals surface area contributed by atoms with Crippen molar-refractivity contribution in [2.75, 3.05) is 23.7 Å². The quantitative estimate of drug-likeness (QED) is 0.719. The van der Waals surface area contributed by atoms with Crippen LogP contribution in [0.3, 0.4) is 0 Å². The van der Waals surface area contributed by atoms with Gasteiger partial charge < -0.3 is 15.7 Å². The van der Waals surface area contributed by atoms with E-state index in [9.17, 15) is 5.11 Å². The molecule has 18 heavy (non-hydrogen) atoms. The predicted molar refractivity (Wildman–Crippen MR) is 72.8 cm³/mol. The Morgan fingerprint density at radius 3 is 2.72 bits per heavy atom. The Labute approximate surface area is 108 Å².